The lowest BCUT2D eigenvalue weighted by Crippen LogP contribution is -2.52. The molecule has 2 aliphatic heterocycles. The molecule has 0 aliphatic carbocycles. The summed E-state index contributed by atoms with van der Waals surface area (Å²) in [6.45, 7) is 1.27. The first-order valence-corrected chi connectivity index (χ1v) is 12.9. The molecule has 2 aromatic rings. The van der Waals surface area contributed by atoms with Gasteiger partial charge in [-0.25, -0.2) is 9.59 Å². The lowest BCUT2D eigenvalue weighted by atomic mass is 10.0. The summed E-state index contributed by atoms with van der Waals surface area (Å²) in [7, 11) is 0. The lowest BCUT2D eigenvalue weighted by Gasteiger charge is -2.37. The third-order valence-electron chi connectivity index (χ3n) is 6.21. The fraction of sp³-hybridized carbons (Fsp3) is 0.370. The molecular weight excluding hydrogens is 464 g/mol. The van der Waals surface area contributed by atoms with E-state index < -0.39 is 18.1 Å². The number of esters is 1. The molecule has 4 rings (SSSR count). The van der Waals surface area contributed by atoms with Crippen LogP contribution in [0.1, 0.15) is 30.4 Å². The van der Waals surface area contributed by atoms with Gasteiger partial charge < -0.3 is 14.4 Å². The van der Waals surface area contributed by atoms with E-state index in [0.717, 1.165) is 16.9 Å². The van der Waals surface area contributed by atoms with Crippen LogP contribution < -0.4 is 0 Å². The number of carbonyl (C=O) groups excluding carboxylic acids is 3. The Morgan fingerprint density at radius 1 is 1.03 bits per heavy atom. The van der Waals surface area contributed by atoms with Crippen molar-refractivity contribution < 1.29 is 23.9 Å². The average Bonchev–Trinajstić information content (AvgIpc) is 3.29. The number of carbonyl (C=O) groups is 3. The molecule has 1 atom stereocenters. The molecule has 184 valence electrons. The molecule has 2 heterocycles. The highest BCUT2D eigenvalue weighted by Crippen LogP contribution is 2.25. The molecule has 0 saturated carbocycles. The molecule has 0 radical (unpaired) electrons. The highest BCUT2D eigenvalue weighted by atomic mass is 32.2. The van der Waals surface area contributed by atoms with Crippen LogP contribution in [0, 0.1) is 0 Å². The van der Waals surface area contributed by atoms with Gasteiger partial charge in [-0.3, -0.25) is 9.69 Å². The number of thioether (sulfide) groups is 1. The summed E-state index contributed by atoms with van der Waals surface area (Å²) in [5.41, 5.74) is 2.02. The predicted octanol–water partition coefficient (Wildman–Crippen LogP) is 4.34. The van der Waals surface area contributed by atoms with Gasteiger partial charge in [-0.1, -0.05) is 60.7 Å². The van der Waals surface area contributed by atoms with Gasteiger partial charge in [0.2, 0.25) is 5.91 Å². The first-order chi connectivity index (χ1) is 17.1. The van der Waals surface area contributed by atoms with Gasteiger partial charge in [0.05, 0.1) is 0 Å². The largest absolute Gasteiger partial charge is 0.459 e. The van der Waals surface area contributed by atoms with Crippen LogP contribution in [0.25, 0.3) is 6.08 Å². The minimum absolute atomic E-state index is 0.000671. The van der Waals surface area contributed by atoms with Crippen LogP contribution in [0.2, 0.25) is 0 Å². The van der Waals surface area contributed by atoms with Gasteiger partial charge in [0.15, 0.2) is 6.04 Å². The SMILES string of the molecule is O=C(OCc1ccccc1)C1COC(=O)N1C1CCN(C(=O)CCSC=Cc2ccccc2)CC1. The van der Waals surface area contributed by atoms with Crippen LogP contribution in [0.5, 0.6) is 0 Å². The molecule has 2 fully saturated rings. The fourth-order valence-corrected chi connectivity index (χ4v) is 4.98. The van der Waals surface area contributed by atoms with E-state index in [-0.39, 0.29) is 25.2 Å². The Hall–Kier alpha value is -3.26. The zero-order valence-corrected chi connectivity index (χ0v) is 20.4. The van der Waals surface area contributed by atoms with Crippen LogP contribution in [0.3, 0.4) is 0 Å². The van der Waals surface area contributed by atoms with Crippen molar-refractivity contribution in [1.82, 2.24) is 9.80 Å². The Morgan fingerprint density at radius 2 is 1.71 bits per heavy atom. The monoisotopic (exact) mass is 494 g/mol. The van der Waals surface area contributed by atoms with Crippen molar-refractivity contribution in [2.24, 2.45) is 0 Å². The number of ether oxygens (including phenoxy) is 2. The quantitative estimate of drug-likeness (QED) is 0.381. The molecule has 0 bridgehead atoms. The Bertz CT molecular complexity index is 1020. The molecule has 2 amide bonds. The Kier molecular flexibility index (Phi) is 8.84. The Morgan fingerprint density at radius 3 is 2.43 bits per heavy atom. The van der Waals surface area contributed by atoms with Crippen LogP contribution in [0.4, 0.5) is 4.79 Å². The maximum atomic E-state index is 12.7. The second kappa shape index (κ2) is 12.4. The molecule has 2 saturated heterocycles. The topological polar surface area (TPSA) is 76.2 Å². The number of hydrogen-bond donors (Lipinski definition) is 0. The number of rotatable bonds is 9. The van der Waals surface area contributed by atoms with E-state index in [0.29, 0.717) is 32.4 Å². The summed E-state index contributed by atoms with van der Waals surface area (Å²) in [5, 5.41) is 2.02. The number of hydrogen-bond acceptors (Lipinski definition) is 6. The smallest absolute Gasteiger partial charge is 0.410 e. The van der Waals surface area contributed by atoms with E-state index in [2.05, 4.69) is 0 Å². The third-order valence-corrected chi connectivity index (χ3v) is 6.98. The minimum atomic E-state index is -0.744. The first kappa shape index (κ1) is 24.9. The Balaban J connectivity index is 1.20. The average molecular weight is 495 g/mol. The standard InChI is InChI=1S/C27H30N2O5S/c30-25(14-18-35-17-13-21-7-3-1-4-8-21)28-15-11-23(12-16-28)29-24(20-34-27(29)32)26(31)33-19-22-9-5-2-6-10-22/h1-10,13,17,23-24H,11-12,14-16,18-20H2. The maximum absolute atomic E-state index is 12.7. The summed E-state index contributed by atoms with van der Waals surface area (Å²) < 4.78 is 10.6. The van der Waals surface area contributed by atoms with E-state index in [1.54, 1.807) is 11.8 Å². The van der Waals surface area contributed by atoms with E-state index >= 15 is 0 Å². The molecule has 8 heteroatoms. The molecule has 0 spiro atoms. The highest BCUT2D eigenvalue weighted by Gasteiger charge is 2.44. The molecule has 1 unspecified atom stereocenters. The fourth-order valence-electron chi connectivity index (χ4n) is 4.30. The minimum Gasteiger partial charge on any atom is -0.459 e. The number of piperidine rings is 1. The van der Waals surface area contributed by atoms with Crippen molar-refractivity contribution in [3.63, 3.8) is 0 Å². The normalized spacial score (nSPS) is 18.6. The van der Waals surface area contributed by atoms with Crippen molar-refractivity contribution in [3.8, 4) is 0 Å². The summed E-state index contributed by atoms with van der Waals surface area (Å²) in [5.74, 6) is 0.376. The summed E-state index contributed by atoms with van der Waals surface area (Å²) in [4.78, 5) is 41.1. The van der Waals surface area contributed by atoms with E-state index in [1.807, 2.05) is 77.0 Å². The van der Waals surface area contributed by atoms with Gasteiger partial charge in [-0.2, -0.15) is 0 Å². The van der Waals surface area contributed by atoms with Gasteiger partial charge in [0, 0.05) is 31.3 Å². The highest BCUT2D eigenvalue weighted by molar-refractivity contribution is 8.02. The van der Waals surface area contributed by atoms with E-state index in [1.165, 1.54) is 4.90 Å². The van der Waals surface area contributed by atoms with Gasteiger partial charge in [-0.05, 0) is 35.5 Å². The number of likely N-dealkylation sites (tertiary alicyclic amines) is 1. The second-order valence-corrected chi connectivity index (χ2v) is 9.55. The van der Waals surface area contributed by atoms with Crippen molar-refractivity contribution in [3.05, 3.63) is 77.2 Å². The van der Waals surface area contributed by atoms with Crippen LogP contribution in [0.15, 0.2) is 66.1 Å². The lowest BCUT2D eigenvalue weighted by molar-refractivity contribution is -0.150. The van der Waals surface area contributed by atoms with Crippen LogP contribution in [-0.2, 0) is 25.7 Å². The molecule has 2 aliphatic rings. The maximum Gasteiger partial charge on any atom is 0.410 e. The van der Waals surface area contributed by atoms with Crippen molar-refractivity contribution in [1.29, 1.82) is 0 Å². The summed E-state index contributed by atoms with van der Waals surface area (Å²) >= 11 is 1.62. The van der Waals surface area contributed by atoms with Gasteiger partial charge >= 0.3 is 12.1 Å². The zero-order valence-electron chi connectivity index (χ0n) is 19.6. The van der Waals surface area contributed by atoms with Crippen LogP contribution >= 0.6 is 11.8 Å². The molecule has 0 aromatic heterocycles. The predicted molar refractivity (Wildman–Crippen MR) is 135 cm³/mol. The molecule has 0 N–H and O–H groups in total. The summed E-state index contributed by atoms with van der Waals surface area (Å²) in [6.07, 6.45) is 3.25. The molecule has 7 nitrogen and oxygen atoms in total. The molecule has 35 heavy (non-hydrogen) atoms. The van der Waals surface area contributed by atoms with Crippen molar-refractivity contribution in [2.75, 3.05) is 25.4 Å². The third kappa shape index (κ3) is 6.88. The molecule has 2 aromatic carbocycles. The number of nitrogens with zero attached hydrogens (tertiary/aromatic N) is 2. The van der Waals surface area contributed by atoms with Gasteiger partial charge in [0.1, 0.15) is 13.2 Å². The van der Waals surface area contributed by atoms with E-state index in [9.17, 15) is 14.4 Å². The second-order valence-electron chi connectivity index (χ2n) is 8.54. The zero-order chi connectivity index (χ0) is 24.5. The number of cyclic esters (lactones) is 1. The van der Waals surface area contributed by atoms with Gasteiger partial charge in [-0.15, -0.1) is 11.8 Å². The number of benzene rings is 2. The molecular formula is C27H30N2O5S. The van der Waals surface area contributed by atoms with Crippen molar-refractivity contribution in [2.45, 2.75) is 38.0 Å². The first-order valence-electron chi connectivity index (χ1n) is 11.9. The van der Waals surface area contributed by atoms with E-state index in [4.69, 9.17) is 9.47 Å². The summed E-state index contributed by atoms with van der Waals surface area (Å²) in [6, 6.07) is 18.6. The number of amides is 2. The van der Waals surface area contributed by atoms with Crippen LogP contribution in [-0.4, -0.2) is 65.3 Å². The Labute approximate surface area is 210 Å². The van der Waals surface area contributed by atoms with Gasteiger partial charge in [0.25, 0.3) is 0 Å². The van der Waals surface area contributed by atoms with Crippen molar-refractivity contribution >= 4 is 35.8 Å².